The van der Waals surface area contributed by atoms with Gasteiger partial charge in [0.2, 0.25) is 0 Å². The fraction of sp³-hybridized carbons (Fsp3) is 0.318. The van der Waals surface area contributed by atoms with E-state index in [1.165, 1.54) is 11.8 Å². The van der Waals surface area contributed by atoms with Crippen molar-refractivity contribution < 1.29 is 9.53 Å². The molecule has 2 aromatic carbocycles. The maximum atomic E-state index is 12.9. The Balaban J connectivity index is 1.99. The van der Waals surface area contributed by atoms with Gasteiger partial charge >= 0.3 is 0 Å². The molecular formula is C22H24N2O3S. The molecule has 5 nitrogen and oxygen atoms in total. The zero-order chi connectivity index (χ0) is 20.1. The van der Waals surface area contributed by atoms with Crippen molar-refractivity contribution in [3.63, 3.8) is 0 Å². The van der Waals surface area contributed by atoms with Gasteiger partial charge in [-0.1, -0.05) is 30.8 Å². The van der Waals surface area contributed by atoms with Gasteiger partial charge in [-0.3, -0.25) is 14.2 Å². The van der Waals surface area contributed by atoms with E-state index < -0.39 is 0 Å². The summed E-state index contributed by atoms with van der Waals surface area (Å²) in [7, 11) is 0. The van der Waals surface area contributed by atoms with Crippen LogP contribution in [0.2, 0.25) is 0 Å². The first kappa shape index (κ1) is 20.1. The van der Waals surface area contributed by atoms with Crippen LogP contribution in [-0.2, 0) is 12.3 Å². The molecule has 3 aromatic rings. The molecule has 0 radical (unpaired) electrons. The molecule has 1 heterocycles. The summed E-state index contributed by atoms with van der Waals surface area (Å²) in [6.45, 7) is 6.69. The van der Waals surface area contributed by atoms with Gasteiger partial charge < -0.3 is 4.74 Å². The molecule has 3 rings (SSSR count). The van der Waals surface area contributed by atoms with Gasteiger partial charge in [0.25, 0.3) is 5.56 Å². The van der Waals surface area contributed by atoms with E-state index in [4.69, 9.17) is 9.72 Å². The third kappa shape index (κ3) is 4.28. The molecule has 0 saturated carbocycles. The second kappa shape index (κ2) is 9.06. The SMILES string of the molecule is CCCn1c(SCc2cc(C(C)=O)ccc2OCC)nc2ccccc2c1=O. The zero-order valence-corrected chi connectivity index (χ0v) is 17.2. The Kier molecular flexibility index (Phi) is 6.52. The number of nitrogens with zero attached hydrogens (tertiary/aromatic N) is 2. The van der Waals surface area contributed by atoms with E-state index in [0.29, 0.717) is 40.5 Å². The summed E-state index contributed by atoms with van der Waals surface area (Å²) in [5.41, 5.74) is 2.25. The first-order valence-corrected chi connectivity index (χ1v) is 10.4. The third-order valence-electron chi connectivity index (χ3n) is 4.40. The first-order chi connectivity index (χ1) is 13.5. The Hall–Kier alpha value is -2.60. The lowest BCUT2D eigenvalue weighted by Crippen LogP contribution is -2.23. The number of ketones is 1. The van der Waals surface area contributed by atoms with E-state index in [1.54, 1.807) is 17.6 Å². The van der Waals surface area contributed by atoms with Crippen LogP contribution in [0.3, 0.4) is 0 Å². The highest BCUT2D eigenvalue weighted by Crippen LogP contribution is 2.29. The normalized spacial score (nSPS) is 11.0. The predicted molar refractivity (Wildman–Crippen MR) is 113 cm³/mol. The van der Waals surface area contributed by atoms with Crippen molar-refractivity contribution in [2.75, 3.05) is 6.61 Å². The predicted octanol–water partition coefficient (Wildman–Crippen LogP) is 4.70. The van der Waals surface area contributed by atoms with Crippen LogP contribution in [0.4, 0.5) is 0 Å². The Bertz CT molecular complexity index is 1060. The minimum atomic E-state index is -0.0162. The van der Waals surface area contributed by atoms with Gasteiger partial charge in [-0.2, -0.15) is 0 Å². The summed E-state index contributed by atoms with van der Waals surface area (Å²) in [6.07, 6.45) is 0.845. The molecule has 6 heteroatoms. The van der Waals surface area contributed by atoms with Crippen molar-refractivity contribution in [3.05, 3.63) is 63.9 Å². The number of benzene rings is 2. The molecule has 0 saturated heterocycles. The lowest BCUT2D eigenvalue weighted by molar-refractivity contribution is 0.101. The lowest BCUT2D eigenvalue weighted by Gasteiger charge is -2.14. The Morgan fingerprint density at radius 2 is 1.96 bits per heavy atom. The topological polar surface area (TPSA) is 61.2 Å². The van der Waals surface area contributed by atoms with Crippen LogP contribution in [-0.4, -0.2) is 21.9 Å². The van der Waals surface area contributed by atoms with Crippen LogP contribution in [0.5, 0.6) is 5.75 Å². The van der Waals surface area contributed by atoms with Crippen molar-refractivity contribution in [2.45, 2.75) is 44.6 Å². The fourth-order valence-corrected chi connectivity index (χ4v) is 4.03. The van der Waals surface area contributed by atoms with Gasteiger partial charge in [-0.25, -0.2) is 4.98 Å². The molecule has 0 amide bonds. The highest BCUT2D eigenvalue weighted by molar-refractivity contribution is 7.98. The highest BCUT2D eigenvalue weighted by Gasteiger charge is 2.13. The van der Waals surface area contributed by atoms with Crippen LogP contribution < -0.4 is 10.3 Å². The summed E-state index contributed by atoms with van der Waals surface area (Å²) < 4.78 is 7.46. The molecule has 146 valence electrons. The smallest absolute Gasteiger partial charge is 0.262 e. The van der Waals surface area contributed by atoms with Crippen molar-refractivity contribution >= 4 is 28.4 Å². The van der Waals surface area contributed by atoms with E-state index >= 15 is 0 Å². The summed E-state index contributed by atoms with van der Waals surface area (Å²) in [5, 5.41) is 1.31. The van der Waals surface area contributed by atoms with Crippen molar-refractivity contribution in [1.82, 2.24) is 9.55 Å². The molecule has 0 aliphatic rings. The Labute approximate surface area is 168 Å². The second-order valence-corrected chi connectivity index (χ2v) is 7.41. The van der Waals surface area contributed by atoms with E-state index in [0.717, 1.165) is 17.7 Å². The Morgan fingerprint density at radius 1 is 1.18 bits per heavy atom. The number of rotatable bonds is 8. The number of hydrogen-bond donors (Lipinski definition) is 0. The number of fused-ring (bicyclic) bond motifs is 1. The van der Waals surface area contributed by atoms with Gasteiger partial charge in [0, 0.05) is 23.4 Å². The molecule has 1 aromatic heterocycles. The Morgan fingerprint density at radius 3 is 2.68 bits per heavy atom. The molecular weight excluding hydrogens is 372 g/mol. The number of carbonyl (C=O) groups is 1. The minimum absolute atomic E-state index is 0.0148. The number of hydrogen-bond acceptors (Lipinski definition) is 5. The van der Waals surface area contributed by atoms with Crippen molar-refractivity contribution in [2.24, 2.45) is 0 Å². The van der Waals surface area contributed by atoms with Gasteiger partial charge in [0.1, 0.15) is 5.75 Å². The third-order valence-corrected chi connectivity index (χ3v) is 5.42. The molecule has 0 spiro atoms. The van der Waals surface area contributed by atoms with Crippen LogP contribution in [0.1, 0.15) is 43.1 Å². The van der Waals surface area contributed by atoms with E-state index in [-0.39, 0.29) is 11.3 Å². The molecule has 28 heavy (non-hydrogen) atoms. The number of carbonyl (C=O) groups excluding carboxylic acids is 1. The summed E-state index contributed by atoms with van der Waals surface area (Å²) in [4.78, 5) is 29.4. The second-order valence-electron chi connectivity index (χ2n) is 6.47. The molecule has 0 aliphatic carbocycles. The van der Waals surface area contributed by atoms with Crippen LogP contribution >= 0.6 is 11.8 Å². The monoisotopic (exact) mass is 396 g/mol. The van der Waals surface area contributed by atoms with Gasteiger partial charge in [-0.05, 0) is 50.6 Å². The number of Topliss-reactive ketones (excluding diaryl/α,β-unsaturated/α-hetero) is 1. The maximum absolute atomic E-state index is 12.9. The van der Waals surface area contributed by atoms with Gasteiger partial charge in [0.15, 0.2) is 10.9 Å². The van der Waals surface area contributed by atoms with Crippen LogP contribution in [0.25, 0.3) is 10.9 Å². The van der Waals surface area contributed by atoms with Crippen molar-refractivity contribution in [3.8, 4) is 5.75 Å². The van der Waals surface area contributed by atoms with Crippen molar-refractivity contribution in [1.29, 1.82) is 0 Å². The summed E-state index contributed by atoms with van der Waals surface area (Å²) in [5.74, 6) is 1.33. The summed E-state index contributed by atoms with van der Waals surface area (Å²) >= 11 is 1.49. The fourth-order valence-electron chi connectivity index (χ4n) is 3.03. The molecule has 0 aliphatic heterocycles. The lowest BCUT2D eigenvalue weighted by atomic mass is 10.1. The largest absolute Gasteiger partial charge is 0.494 e. The average molecular weight is 397 g/mol. The molecule has 0 unspecified atom stereocenters. The minimum Gasteiger partial charge on any atom is -0.494 e. The molecule has 0 bridgehead atoms. The standard InChI is InChI=1S/C22H24N2O3S/c1-4-12-24-21(26)18-8-6-7-9-19(18)23-22(24)28-14-17-13-16(15(3)25)10-11-20(17)27-5-2/h6-11,13H,4-5,12,14H2,1-3H3. The van der Waals surface area contributed by atoms with Crippen LogP contribution in [0.15, 0.2) is 52.4 Å². The maximum Gasteiger partial charge on any atom is 0.262 e. The van der Waals surface area contributed by atoms with Gasteiger partial charge in [0.05, 0.1) is 17.5 Å². The molecule has 0 fully saturated rings. The molecule has 0 atom stereocenters. The number of thioether (sulfide) groups is 1. The summed E-state index contributed by atoms with van der Waals surface area (Å²) in [6, 6.07) is 12.9. The average Bonchev–Trinajstić information content (AvgIpc) is 2.70. The van der Waals surface area contributed by atoms with Crippen LogP contribution in [0, 0.1) is 0 Å². The van der Waals surface area contributed by atoms with E-state index in [1.807, 2.05) is 50.2 Å². The van der Waals surface area contributed by atoms with E-state index in [9.17, 15) is 9.59 Å². The first-order valence-electron chi connectivity index (χ1n) is 9.44. The number of para-hydroxylation sites is 1. The van der Waals surface area contributed by atoms with Gasteiger partial charge in [-0.15, -0.1) is 0 Å². The zero-order valence-electron chi connectivity index (χ0n) is 16.4. The number of aromatic nitrogens is 2. The quantitative estimate of drug-likeness (QED) is 0.314. The van der Waals surface area contributed by atoms with E-state index in [2.05, 4.69) is 0 Å². The molecule has 0 N–H and O–H groups in total. The number of ether oxygens (including phenoxy) is 1. The highest BCUT2D eigenvalue weighted by atomic mass is 32.2.